The molecule has 0 aromatic heterocycles. The Morgan fingerprint density at radius 2 is 1.79 bits per heavy atom. The SMILES string of the molecule is COCC[C@]12CC[C@@](C)(O)C[C@H]1CC[C@H]1[C@@H]3CC[C@H](C(=O)OC)[C@@]3(C)CC[C@@H]12. The van der Waals surface area contributed by atoms with E-state index in [4.69, 9.17) is 9.47 Å². The van der Waals surface area contributed by atoms with E-state index in [1.807, 2.05) is 14.0 Å². The zero-order valence-corrected chi connectivity index (χ0v) is 18.3. The van der Waals surface area contributed by atoms with Gasteiger partial charge in [0, 0.05) is 13.7 Å². The smallest absolute Gasteiger partial charge is 0.309 e. The highest BCUT2D eigenvalue weighted by Gasteiger charge is 2.63. The summed E-state index contributed by atoms with van der Waals surface area (Å²) >= 11 is 0. The van der Waals surface area contributed by atoms with Gasteiger partial charge < -0.3 is 14.6 Å². The lowest BCUT2D eigenvalue weighted by Gasteiger charge is -2.63. The van der Waals surface area contributed by atoms with Gasteiger partial charge in [-0.05, 0) is 106 Å². The normalized spacial score (nSPS) is 50.4. The van der Waals surface area contributed by atoms with Crippen LogP contribution < -0.4 is 0 Å². The van der Waals surface area contributed by atoms with Crippen LogP contribution in [0.1, 0.15) is 78.1 Å². The zero-order valence-electron chi connectivity index (χ0n) is 18.3. The molecule has 0 heterocycles. The Kier molecular flexibility index (Phi) is 5.36. The Labute approximate surface area is 170 Å². The van der Waals surface area contributed by atoms with E-state index in [9.17, 15) is 9.90 Å². The number of carbonyl (C=O) groups is 1. The third-order valence-electron chi connectivity index (χ3n) is 9.91. The Bertz CT molecular complexity index is 601. The van der Waals surface area contributed by atoms with Crippen LogP contribution in [0.2, 0.25) is 0 Å². The summed E-state index contributed by atoms with van der Waals surface area (Å²) in [4.78, 5) is 12.5. The van der Waals surface area contributed by atoms with Crippen molar-refractivity contribution in [3.8, 4) is 0 Å². The van der Waals surface area contributed by atoms with Crippen LogP contribution in [-0.2, 0) is 14.3 Å². The molecule has 28 heavy (non-hydrogen) atoms. The highest BCUT2D eigenvalue weighted by atomic mass is 16.5. The molecular formula is C24H40O4. The second-order valence-electron chi connectivity index (χ2n) is 11.0. The van der Waals surface area contributed by atoms with Crippen molar-refractivity contribution in [2.45, 2.75) is 83.7 Å². The number of methoxy groups -OCH3 is 2. The quantitative estimate of drug-likeness (QED) is 0.711. The first kappa shape index (κ1) is 20.7. The third kappa shape index (κ3) is 3.05. The van der Waals surface area contributed by atoms with E-state index < -0.39 is 5.60 Å². The van der Waals surface area contributed by atoms with Gasteiger partial charge in [-0.1, -0.05) is 6.92 Å². The average Bonchev–Trinajstić information content (AvgIpc) is 3.02. The van der Waals surface area contributed by atoms with Crippen LogP contribution in [0, 0.1) is 40.4 Å². The Hall–Kier alpha value is -0.610. The first-order chi connectivity index (χ1) is 13.3. The second-order valence-corrected chi connectivity index (χ2v) is 11.0. The molecule has 4 aliphatic rings. The van der Waals surface area contributed by atoms with E-state index in [1.54, 1.807) is 7.11 Å². The number of hydrogen-bond acceptors (Lipinski definition) is 4. The van der Waals surface area contributed by atoms with Gasteiger partial charge in [-0.15, -0.1) is 0 Å². The van der Waals surface area contributed by atoms with Gasteiger partial charge in [0.25, 0.3) is 0 Å². The van der Waals surface area contributed by atoms with Gasteiger partial charge in [0.15, 0.2) is 0 Å². The van der Waals surface area contributed by atoms with Crippen LogP contribution >= 0.6 is 0 Å². The molecule has 0 bridgehead atoms. The Morgan fingerprint density at radius 3 is 2.50 bits per heavy atom. The summed E-state index contributed by atoms with van der Waals surface area (Å²) in [7, 11) is 3.37. The fraction of sp³-hybridized carbons (Fsp3) is 0.958. The minimum Gasteiger partial charge on any atom is -0.469 e. The largest absolute Gasteiger partial charge is 0.469 e. The Balaban J connectivity index is 1.63. The van der Waals surface area contributed by atoms with Gasteiger partial charge in [-0.2, -0.15) is 0 Å². The summed E-state index contributed by atoms with van der Waals surface area (Å²) in [6.07, 6.45) is 11.2. The zero-order chi connectivity index (χ0) is 20.2. The van der Waals surface area contributed by atoms with Crippen molar-refractivity contribution in [3.05, 3.63) is 0 Å². The molecule has 0 aromatic rings. The maximum atomic E-state index is 12.5. The standard InChI is InChI=1S/C24H40O4/c1-22(26)11-12-24(13-14-27-3)16(15-22)5-6-17-18-7-8-20(21(25)28-4)23(18,2)10-9-19(17)24/h16-20,26H,5-15H2,1-4H3/t16-,17+,18+,19+,20-,22-,23+,24-/m1/s1. The van der Waals surface area contributed by atoms with E-state index in [-0.39, 0.29) is 17.3 Å². The minimum atomic E-state index is -0.499. The molecule has 160 valence electrons. The van der Waals surface area contributed by atoms with E-state index in [2.05, 4.69) is 6.92 Å². The lowest BCUT2D eigenvalue weighted by Crippen LogP contribution is -2.57. The van der Waals surface area contributed by atoms with Crippen molar-refractivity contribution >= 4 is 5.97 Å². The molecule has 0 saturated heterocycles. The summed E-state index contributed by atoms with van der Waals surface area (Å²) in [5.41, 5.74) is -0.0594. The van der Waals surface area contributed by atoms with Crippen molar-refractivity contribution < 1.29 is 19.4 Å². The van der Waals surface area contributed by atoms with Crippen LogP contribution in [-0.4, -0.2) is 37.5 Å². The van der Waals surface area contributed by atoms with E-state index >= 15 is 0 Å². The lowest BCUT2D eigenvalue weighted by atomic mass is 9.42. The fourth-order valence-corrected chi connectivity index (χ4v) is 8.55. The molecule has 0 aromatic carbocycles. The van der Waals surface area contributed by atoms with Gasteiger partial charge in [-0.25, -0.2) is 0 Å². The molecule has 4 rings (SSSR count). The van der Waals surface area contributed by atoms with Crippen molar-refractivity contribution in [1.82, 2.24) is 0 Å². The number of esters is 1. The monoisotopic (exact) mass is 392 g/mol. The molecule has 0 radical (unpaired) electrons. The Morgan fingerprint density at radius 1 is 1.00 bits per heavy atom. The number of carbonyl (C=O) groups excluding carboxylic acids is 1. The molecule has 4 saturated carbocycles. The summed E-state index contributed by atoms with van der Waals surface area (Å²) in [6, 6.07) is 0. The van der Waals surface area contributed by atoms with Gasteiger partial charge in [0.2, 0.25) is 0 Å². The first-order valence-electron chi connectivity index (χ1n) is 11.6. The van der Waals surface area contributed by atoms with E-state index in [0.29, 0.717) is 17.3 Å². The van der Waals surface area contributed by atoms with Crippen LogP contribution in [0.15, 0.2) is 0 Å². The molecule has 0 aliphatic heterocycles. The van der Waals surface area contributed by atoms with Gasteiger partial charge in [0.1, 0.15) is 0 Å². The summed E-state index contributed by atoms with van der Waals surface area (Å²) < 4.78 is 10.7. The highest BCUT2D eigenvalue weighted by molar-refractivity contribution is 5.73. The molecule has 4 heteroatoms. The maximum absolute atomic E-state index is 12.5. The number of aliphatic hydroxyl groups is 1. The van der Waals surface area contributed by atoms with E-state index in [0.717, 1.165) is 57.0 Å². The van der Waals surface area contributed by atoms with Crippen LogP contribution in [0.4, 0.5) is 0 Å². The first-order valence-corrected chi connectivity index (χ1v) is 11.6. The molecular weight excluding hydrogens is 352 g/mol. The average molecular weight is 393 g/mol. The summed E-state index contributed by atoms with van der Waals surface area (Å²) in [5, 5.41) is 10.8. The van der Waals surface area contributed by atoms with Crippen LogP contribution in [0.3, 0.4) is 0 Å². The molecule has 4 fully saturated rings. The molecule has 8 atom stereocenters. The van der Waals surface area contributed by atoms with Crippen molar-refractivity contribution in [2.24, 2.45) is 40.4 Å². The molecule has 4 aliphatic carbocycles. The second kappa shape index (κ2) is 7.27. The predicted molar refractivity (Wildman–Crippen MR) is 109 cm³/mol. The topological polar surface area (TPSA) is 55.8 Å². The number of fused-ring (bicyclic) bond motifs is 5. The van der Waals surface area contributed by atoms with Gasteiger partial charge in [0.05, 0.1) is 18.6 Å². The fourth-order valence-electron chi connectivity index (χ4n) is 8.55. The molecule has 1 N–H and O–H groups in total. The van der Waals surface area contributed by atoms with E-state index in [1.165, 1.54) is 25.7 Å². The molecule has 0 spiro atoms. The van der Waals surface area contributed by atoms with Crippen LogP contribution in [0.25, 0.3) is 0 Å². The van der Waals surface area contributed by atoms with Crippen molar-refractivity contribution in [3.63, 3.8) is 0 Å². The van der Waals surface area contributed by atoms with Gasteiger partial charge >= 0.3 is 5.97 Å². The lowest BCUT2D eigenvalue weighted by molar-refractivity contribution is -0.169. The van der Waals surface area contributed by atoms with Crippen molar-refractivity contribution in [2.75, 3.05) is 20.8 Å². The highest BCUT2D eigenvalue weighted by Crippen LogP contribution is 2.69. The minimum absolute atomic E-state index is 0.0138. The van der Waals surface area contributed by atoms with Crippen LogP contribution in [0.5, 0.6) is 0 Å². The number of rotatable bonds is 4. The summed E-state index contributed by atoms with van der Waals surface area (Å²) in [5.74, 6) is 2.83. The van der Waals surface area contributed by atoms with Gasteiger partial charge in [-0.3, -0.25) is 4.79 Å². The number of ether oxygens (including phenoxy) is 2. The molecule has 0 amide bonds. The molecule has 4 nitrogen and oxygen atoms in total. The predicted octanol–water partition coefficient (Wildman–Crippen LogP) is 4.59. The maximum Gasteiger partial charge on any atom is 0.309 e. The summed E-state index contributed by atoms with van der Waals surface area (Å²) in [6.45, 7) is 5.24. The molecule has 0 unspecified atom stereocenters. The number of hydrogen-bond donors (Lipinski definition) is 1. The third-order valence-corrected chi connectivity index (χ3v) is 9.91. The van der Waals surface area contributed by atoms with Crippen molar-refractivity contribution in [1.29, 1.82) is 0 Å².